The van der Waals surface area contributed by atoms with Crippen LogP contribution in [0, 0.1) is 5.92 Å². The molecule has 2 heterocycles. The maximum Gasteiger partial charge on any atom is 0.243 e. The first-order valence-corrected chi connectivity index (χ1v) is 10.8. The number of amides is 1. The van der Waals surface area contributed by atoms with Crippen molar-refractivity contribution < 1.29 is 13.2 Å². The van der Waals surface area contributed by atoms with E-state index in [2.05, 4.69) is 0 Å². The van der Waals surface area contributed by atoms with E-state index in [0.717, 1.165) is 38.8 Å². The average molecular weight is 385 g/mol. The molecular formula is C18H25ClN2O3S. The molecule has 0 radical (unpaired) electrons. The normalized spacial score (nSPS) is 23.2. The molecule has 0 aromatic heterocycles. The first-order valence-electron chi connectivity index (χ1n) is 9.03. The highest BCUT2D eigenvalue weighted by atomic mass is 35.5. The third-order valence-corrected chi connectivity index (χ3v) is 7.23. The molecule has 1 amide bonds. The number of carbonyl (C=O) groups is 1. The van der Waals surface area contributed by atoms with Crippen molar-refractivity contribution >= 4 is 27.5 Å². The van der Waals surface area contributed by atoms with E-state index in [-0.39, 0.29) is 23.3 Å². The van der Waals surface area contributed by atoms with E-state index in [1.54, 1.807) is 12.1 Å². The van der Waals surface area contributed by atoms with Gasteiger partial charge in [-0.2, -0.15) is 4.31 Å². The van der Waals surface area contributed by atoms with E-state index in [1.807, 2.05) is 4.90 Å². The van der Waals surface area contributed by atoms with E-state index >= 15 is 0 Å². The van der Waals surface area contributed by atoms with Gasteiger partial charge in [-0.25, -0.2) is 8.42 Å². The maximum atomic E-state index is 12.9. The smallest absolute Gasteiger partial charge is 0.243 e. The SMILES string of the molecule is O=C([C@@H]1CCCN(S(=O)(=O)c2ccc(Cl)cc2)C1)N1CCCCCC1. The molecule has 1 atom stereocenters. The van der Waals surface area contributed by atoms with Gasteiger partial charge in [-0.05, 0) is 49.9 Å². The van der Waals surface area contributed by atoms with Crippen LogP contribution in [0.25, 0.3) is 0 Å². The van der Waals surface area contributed by atoms with Crippen LogP contribution < -0.4 is 0 Å². The number of carbonyl (C=O) groups excluding carboxylic acids is 1. The fourth-order valence-electron chi connectivity index (χ4n) is 3.67. The van der Waals surface area contributed by atoms with Gasteiger partial charge in [0.2, 0.25) is 15.9 Å². The van der Waals surface area contributed by atoms with Crippen molar-refractivity contribution in [3.63, 3.8) is 0 Å². The number of rotatable bonds is 3. The highest BCUT2D eigenvalue weighted by Gasteiger charge is 2.35. The second-order valence-corrected chi connectivity index (χ2v) is 9.27. The molecule has 0 N–H and O–H groups in total. The van der Waals surface area contributed by atoms with Crippen LogP contribution in [0.2, 0.25) is 5.02 Å². The summed E-state index contributed by atoms with van der Waals surface area (Å²) in [6.45, 7) is 2.35. The van der Waals surface area contributed by atoms with Crippen molar-refractivity contribution in [2.24, 2.45) is 5.92 Å². The van der Waals surface area contributed by atoms with E-state index in [4.69, 9.17) is 11.6 Å². The summed E-state index contributed by atoms with van der Waals surface area (Å²) in [5.41, 5.74) is 0. The molecule has 5 nitrogen and oxygen atoms in total. The molecule has 1 aromatic carbocycles. The number of nitrogens with zero attached hydrogens (tertiary/aromatic N) is 2. The topological polar surface area (TPSA) is 57.7 Å². The van der Waals surface area contributed by atoms with Gasteiger partial charge in [0, 0.05) is 31.2 Å². The van der Waals surface area contributed by atoms with Crippen molar-refractivity contribution in [1.82, 2.24) is 9.21 Å². The van der Waals surface area contributed by atoms with Crippen molar-refractivity contribution in [1.29, 1.82) is 0 Å². The molecule has 7 heteroatoms. The Balaban J connectivity index is 1.71. The lowest BCUT2D eigenvalue weighted by molar-refractivity contribution is -0.136. The van der Waals surface area contributed by atoms with E-state index < -0.39 is 10.0 Å². The highest BCUT2D eigenvalue weighted by Crippen LogP contribution is 2.26. The van der Waals surface area contributed by atoms with Crippen molar-refractivity contribution in [2.75, 3.05) is 26.2 Å². The van der Waals surface area contributed by atoms with E-state index in [9.17, 15) is 13.2 Å². The van der Waals surface area contributed by atoms with Gasteiger partial charge in [-0.15, -0.1) is 0 Å². The zero-order valence-corrected chi connectivity index (χ0v) is 15.9. The molecular weight excluding hydrogens is 360 g/mol. The molecule has 0 unspecified atom stereocenters. The molecule has 138 valence electrons. The lowest BCUT2D eigenvalue weighted by atomic mass is 9.98. The molecule has 0 spiro atoms. The molecule has 2 aliphatic rings. The zero-order chi connectivity index (χ0) is 17.9. The van der Waals surface area contributed by atoms with Gasteiger partial charge < -0.3 is 4.90 Å². The Bertz CT molecular complexity index is 698. The minimum atomic E-state index is -3.58. The Morgan fingerprint density at radius 1 is 0.960 bits per heavy atom. The monoisotopic (exact) mass is 384 g/mol. The first kappa shape index (κ1) is 18.7. The number of halogens is 1. The van der Waals surface area contributed by atoms with Crippen molar-refractivity contribution in [2.45, 2.75) is 43.4 Å². The number of benzene rings is 1. The first-order chi connectivity index (χ1) is 12.0. The number of hydrogen-bond donors (Lipinski definition) is 0. The Morgan fingerprint density at radius 3 is 2.24 bits per heavy atom. The van der Waals surface area contributed by atoms with Crippen LogP contribution in [0.1, 0.15) is 38.5 Å². The minimum absolute atomic E-state index is 0.123. The molecule has 1 aromatic rings. The standard InChI is InChI=1S/C18H25ClN2O3S/c19-16-7-9-17(10-8-16)25(23,24)21-13-5-6-15(14-21)18(22)20-11-3-1-2-4-12-20/h7-10,15H,1-6,11-14H2/t15-/m1/s1. The van der Waals surface area contributed by atoms with Gasteiger partial charge in [-0.1, -0.05) is 24.4 Å². The maximum absolute atomic E-state index is 12.9. The zero-order valence-electron chi connectivity index (χ0n) is 14.4. The summed E-state index contributed by atoms with van der Waals surface area (Å²) in [6, 6.07) is 6.21. The number of likely N-dealkylation sites (tertiary alicyclic amines) is 1. The molecule has 2 fully saturated rings. The Kier molecular flexibility index (Phi) is 6.02. The molecule has 3 rings (SSSR count). The van der Waals surface area contributed by atoms with Crippen LogP contribution in [0.4, 0.5) is 0 Å². The Morgan fingerprint density at radius 2 is 1.60 bits per heavy atom. The molecule has 2 aliphatic heterocycles. The molecule has 2 saturated heterocycles. The largest absolute Gasteiger partial charge is 0.342 e. The lowest BCUT2D eigenvalue weighted by Crippen LogP contribution is -2.46. The van der Waals surface area contributed by atoms with Gasteiger partial charge in [0.1, 0.15) is 0 Å². The highest BCUT2D eigenvalue weighted by molar-refractivity contribution is 7.89. The van der Waals surface area contributed by atoms with Gasteiger partial charge in [0.05, 0.1) is 10.8 Å². The summed E-state index contributed by atoms with van der Waals surface area (Å²) in [4.78, 5) is 15.0. The minimum Gasteiger partial charge on any atom is -0.342 e. The van der Waals surface area contributed by atoms with Gasteiger partial charge in [0.15, 0.2) is 0 Å². The average Bonchev–Trinajstić information content (AvgIpc) is 2.91. The summed E-state index contributed by atoms with van der Waals surface area (Å²) < 4.78 is 27.2. The predicted octanol–water partition coefficient (Wildman–Crippen LogP) is 3.14. The van der Waals surface area contributed by atoms with Crippen molar-refractivity contribution in [3.8, 4) is 0 Å². The van der Waals surface area contributed by atoms with Crippen LogP contribution in [0.3, 0.4) is 0 Å². The summed E-state index contributed by atoms with van der Waals surface area (Å²) in [6.07, 6.45) is 5.92. The van der Waals surface area contributed by atoms with Crippen molar-refractivity contribution in [3.05, 3.63) is 29.3 Å². The van der Waals surface area contributed by atoms with Crippen LogP contribution in [0.15, 0.2) is 29.2 Å². The number of hydrogen-bond acceptors (Lipinski definition) is 3. The van der Waals surface area contributed by atoms with Crippen LogP contribution in [0.5, 0.6) is 0 Å². The summed E-state index contributed by atoms with van der Waals surface area (Å²) >= 11 is 5.85. The second-order valence-electron chi connectivity index (χ2n) is 6.90. The fourth-order valence-corrected chi connectivity index (χ4v) is 5.32. The quantitative estimate of drug-likeness (QED) is 0.804. The number of sulfonamides is 1. The third-order valence-electron chi connectivity index (χ3n) is 5.10. The lowest BCUT2D eigenvalue weighted by Gasteiger charge is -2.34. The molecule has 25 heavy (non-hydrogen) atoms. The summed E-state index contributed by atoms with van der Waals surface area (Å²) in [5, 5.41) is 0.506. The molecule has 0 bridgehead atoms. The van der Waals surface area contributed by atoms with E-state index in [0.29, 0.717) is 11.6 Å². The Hall–Kier alpha value is -1.11. The number of piperidine rings is 1. The van der Waals surface area contributed by atoms with Crippen LogP contribution in [-0.2, 0) is 14.8 Å². The Labute approximate surface area is 155 Å². The van der Waals surface area contributed by atoms with E-state index in [1.165, 1.54) is 29.3 Å². The van der Waals surface area contributed by atoms with Crippen LogP contribution >= 0.6 is 11.6 Å². The molecule has 0 saturated carbocycles. The summed E-state index contributed by atoms with van der Waals surface area (Å²) in [5.74, 6) is -0.105. The van der Waals surface area contributed by atoms with Gasteiger partial charge in [0.25, 0.3) is 0 Å². The third kappa shape index (κ3) is 4.36. The van der Waals surface area contributed by atoms with Gasteiger partial charge in [-0.3, -0.25) is 4.79 Å². The summed E-state index contributed by atoms with van der Waals surface area (Å²) in [7, 11) is -3.58. The second kappa shape index (κ2) is 8.06. The molecule has 0 aliphatic carbocycles. The predicted molar refractivity (Wildman–Crippen MR) is 98.0 cm³/mol. The fraction of sp³-hybridized carbons (Fsp3) is 0.611. The van der Waals surface area contributed by atoms with Gasteiger partial charge >= 0.3 is 0 Å². The van der Waals surface area contributed by atoms with Crippen LogP contribution in [-0.4, -0.2) is 49.7 Å².